The van der Waals surface area contributed by atoms with E-state index in [1.165, 1.54) is 0 Å². The summed E-state index contributed by atoms with van der Waals surface area (Å²) in [6, 6.07) is 2.99. The van der Waals surface area contributed by atoms with Crippen LogP contribution in [0.15, 0.2) is 23.1 Å². The van der Waals surface area contributed by atoms with Crippen LogP contribution in [0.25, 0.3) is 0 Å². The van der Waals surface area contributed by atoms with Gasteiger partial charge >= 0.3 is 5.97 Å². The molecule has 0 atom stereocenters. The number of carboxylic acids is 1. The first-order chi connectivity index (χ1) is 8.74. The topological polar surface area (TPSA) is 153 Å². The quantitative estimate of drug-likeness (QED) is 0.376. The second-order valence-corrected chi connectivity index (χ2v) is 5.26. The minimum absolute atomic E-state index is 0.159. The number of rotatable bonds is 6. The molecule has 1 aromatic rings. The van der Waals surface area contributed by atoms with Crippen molar-refractivity contribution in [3.63, 3.8) is 0 Å². The molecule has 1 rings (SSSR count). The minimum Gasteiger partial charge on any atom is -0.481 e. The molecule has 0 bridgehead atoms. The van der Waals surface area contributed by atoms with Gasteiger partial charge in [0.25, 0.3) is 5.69 Å². The van der Waals surface area contributed by atoms with Crippen molar-refractivity contribution in [2.75, 3.05) is 12.3 Å². The van der Waals surface area contributed by atoms with Gasteiger partial charge in [-0.1, -0.05) is 0 Å². The molecule has 4 N–H and O–H groups in total. The number of nitrogens with zero attached hydrogens (tertiary/aromatic N) is 1. The fourth-order valence-electron chi connectivity index (χ4n) is 1.24. The van der Waals surface area contributed by atoms with Gasteiger partial charge in [0.05, 0.1) is 17.0 Å². The van der Waals surface area contributed by atoms with E-state index in [9.17, 15) is 23.3 Å². The highest BCUT2D eigenvalue weighted by Gasteiger charge is 2.20. The first kappa shape index (κ1) is 14.9. The van der Waals surface area contributed by atoms with Gasteiger partial charge < -0.3 is 10.8 Å². The van der Waals surface area contributed by atoms with E-state index >= 15 is 0 Å². The van der Waals surface area contributed by atoms with E-state index in [0.29, 0.717) is 0 Å². The number of hydrogen-bond acceptors (Lipinski definition) is 6. The van der Waals surface area contributed by atoms with Crippen LogP contribution in [-0.2, 0) is 14.8 Å². The van der Waals surface area contributed by atoms with Crippen LogP contribution in [0.5, 0.6) is 0 Å². The molecule has 0 aliphatic heterocycles. The lowest BCUT2D eigenvalue weighted by Crippen LogP contribution is -2.27. The van der Waals surface area contributed by atoms with Crippen molar-refractivity contribution in [1.29, 1.82) is 0 Å². The molecule has 9 nitrogen and oxygen atoms in total. The summed E-state index contributed by atoms with van der Waals surface area (Å²) in [6.45, 7) is -0.334. The van der Waals surface area contributed by atoms with Gasteiger partial charge in [0, 0.05) is 18.7 Å². The van der Waals surface area contributed by atoms with Gasteiger partial charge in [-0.3, -0.25) is 14.9 Å². The molecule has 104 valence electrons. The monoisotopic (exact) mass is 289 g/mol. The minimum atomic E-state index is -4.09. The molecule has 0 saturated carbocycles. The number of nitro groups is 1. The van der Waals surface area contributed by atoms with Gasteiger partial charge in [0.15, 0.2) is 0 Å². The number of nitrogens with one attached hydrogen (secondary N) is 1. The number of nitrogens with two attached hydrogens (primary N) is 1. The van der Waals surface area contributed by atoms with Crippen molar-refractivity contribution >= 4 is 27.4 Å². The van der Waals surface area contributed by atoms with Crippen LogP contribution in [-0.4, -0.2) is 31.0 Å². The van der Waals surface area contributed by atoms with Crippen molar-refractivity contribution < 1.29 is 23.2 Å². The van der Waals surface area contributed by atoms with Gasteiger partial charge in [-0.15, -0.1) is 0 Å². The number of nitrogen functional groups attached to an aromatic ring is 1. The summed E-state index contributed by atoms with van der Waals surface area (Å²) < 4.78 is 25.6. The number of non-ortho nitro benzene ring substituents is 1. The molecule has 19 heavy (non-hydrogen) atoms. The van der Waals surface area contributed by atoms with E-state index in [-0.39, 0.29) is 12.2 Å². The average Bonchev–Trinajstić information content (AvgIpc) is 2.28. The van der Waals surface area contributed by atoms with E-state index in [1.807, 2.05) is 4.72 Å². The molecule has 0 aliphatic carbocycles. The van der Waals surface area contributed by atoms with Gasteiger partial charge in [-0.25, -0.2) is 13.1 Å². The number of sulfonamides is 1. The van der Waals surface area contributed by atoms with E-state index in [4.69, 9.17) is 10.8 Å². The molecule has 0 unspecified atom stereocenters. The Labute approximate surface area is 108 Å². The molecule has 0 aliphatic rings. The van der Waals surface area contributed by atoms with Crippen molar-refractivity contribution in [1.82, 2.24) is 4.72 Å². The third kappa shape index (κ3) is 3.89. The smallest absolute Gasteiger partial charge is 0.304 e. The summed E-state index contributed by atoms with van der Waals surface area (Å²) in [5, 5.41) is 19.0. The zero-order valence-corrected chi connectivity index (χ0v) is 10.4. The maximum Gasteiger partial charge on any atom is 0.304 e. The summed E-state index contributed by atoms with van der Waals surface area (Å²) in [6.07, 6.45) is -0.409. The van der Waals surface area contributed by atoms with E-state index in [1.54, 1.807) is 0 Å². The Kier molecular flexibility index (Phi) is 4.40. The van der Waals surface area contributed by atoms with Crippen LogP contribution in [0.3, 0.4) is 0 Å². The molecule has 1 aromatic carbocycles. The predicted octanol–water partition coefficient (Wildman–Crippen LogP) is -0.0700. The molecule has 0 amide bonds. The van der Waals surface area contributed by atoms with Crippen LogP contribution < -0.4 is 10.5 Å². The lowest BCUT2D eigenvalue weighted by atomic mass is 10.3. The zero-order valence-electron chi connectivity index (χ0n) is 9.57. The molecule has 10 heteroatoms. The number of benzene rings is 1. The number of hydrogen-bond donors (Lipinski definition) is 3. The van der Waals surface area contributed by atoms with Crippen LogP contribution in [0.2, 0.25) is 0 Å². The van der Waals surface area contributed by atoms with Crippen molar-refractivity contribution in [2.24, 2.45) is 0 Å². The lowest BCUT2D eigenvalue weighted by Gasteiger charge is -2.07. The maximum absolute atomic E-state index is 11.8. The van der Waals surface area contributed by atoms with E-state index < -0.39 is 37.9 Å². The molecule has 0 heterocycles. The molecule has 0 saturated heterocycles. The van der Waals surface area contributed by atoms with Crippen molar-refractivity contribution in [2.45, 2.75) is 11.3 Å². The Balaban J connectivity index is 3.03. The Bertz CT molecular complexity index is 612. The molecular weight excluding hydrogens is 278 g/mol. The molecular formula is C9H11N3O6S. The van der Waals surface area contributed by atoms with Gasteiger partial charge in [-0.05, 0) is 6.07 Å². The highest BCUT2D eigenvalue weighted by Crippen LogP contribution is 2.23. The highest BCUT2D eigenvalue weighted by atomic mass is 32.2. The Hall–Kier alpha value is -2.20. The molecule has 0 fully saturated rings. The van der Waals surface area contributed by atoms with Gasteiger partial charge in [0.2, 0.25) is 10.0 Å². The third-order valence-electron chi connectivity index (χ3n) is 2.13. The number of carboxylic acid groups (broad SMARTS) is 1. The van der Waals surface area contributed by atoms with Crippen LogP contribution in [0, 0.1) is 10.1 Å². The number of aliphatic carboxylic acids is 1. The fraction of sp³-hybridized carbons (Fsp3) is 0.222. The first-order valence-electron chi connectivity index (χ1n) is 4.99. The summed E-state index contributed by atoms with van der Waals surface area (Å²) in [7, 11) is -4.09. The van der Waals surface area contributed by atoms with Crippen LogP contribution >= 0.6 is 0 Å². The Morgan fingerprint density at radius 1 is 1.47 bits per heavy atom. The number of carbonyl (C=O) groups is 1. The fourth-order valence-corrected chi connectivity index (χ4v) is 2.42. The van der Waals surface area contributed by atoms with E-state index in [2.05, 4.69) is 0 Å². The Morgan fingerprint density at radius 2 is 2.11 bits per heavy atom. The second-order valence-electron chi connectivity index (χ2n) is 3.52. The third-order valence-corrected chi connectivity index (χ3v) is 3.65. The zero-order chi connectivity index (χ0) is 14.6. The van der Waals surface area contributed by atoms with E-state index in [0.717, 1.165) is 18.2 Å². The normalized spacial score (nSPS) is 11.2. The van der Waals surface area contributed by atoms with Crippen LogP contribution in [0.1, 0.15) is 6.42 Å². The summed E-state index contributed by atoms with van der Waals surface area (Å²) in [5.74, 6) is -1.17. The SMILES string of the molecule is Nc1ccc([N+](=O)[O-])cc1S(=O)(=O)NCCC(=O)O. The Morgan fingerprint density at radius 3 is 2.63 bits per heavy atom. The first-order valence-corrected chi connectivity index (χ1v) is 6.48. The average molecular weight is 289 g/mol. The number of anilines is 1. The molecule has 0 aromatic heterocycles. The predicted molar refractivity (Wildman–Crippen MR) is 65.0 cm³/mol. The number of nitro benzene ring substituents is 1. The second kappa shape index (κ2) is 5.63. The summed E-state index contributed by atoms with van der Waals surface area (Å²) in [5.41, 5.74) is 4.87. The van der Waals surface area contributed by atoms with Crippen molar-refractivity contribution in [3.8, 4) is 0 Å². The highest BCUT2D eigenvalue weighted by molar-refractivity contribution is 7.89. The van der Waals surface area contributed by atoms with Crippen LogP contribution in [0.4, 0.5) is 11.4 Å². The molecule has 0 radical (unpaired) electrons. The van der Waals surface area contributed by atoms with Gasteiger partial charge in [0.1, 0.15) is 4.90 Å². The van der Waals surface area contributed by atoms with Crippen molar-refractivity contribution in [3.05, 3.63) is 28.3 Å². The maximum atomic E-state index is 11.8. The lowest BCUT2D eigenvalue weighted by molar-refractivity contribution is -0.385. The summed E-state index contributed by atoms with van der Waals surface area (Å²) >= 11 is 0. The summed E-state index contributed by atoms with van der Waals surface area (Å²) in [4.78, 5) is 19.6. The molecule has 0 spiro atoms. The largest absolute Gasteiger partial charge is 0.481 e. The van der Waals surface area contributed by atoms with Gasteiger partial charge in [-0.2, -0.15) is 0 Å². The standard InChI is InChI=1S/C9H11N3O6S/c10-7-2-1-6(12(15)16)5-8(7)19(17,18)11-4-3-9(13)14/h1-2,5,11H,3-4,10H2,(H,13,14).